The number of nitrogens with one attached hydrogen (secondary N) is 1. The summed E-state index contributed by atoms with van der Waals surface area (Å²) in [7, 11) is 0. The smallest absolute Gasteiger partial charge is 0.369 e. The Morgan fingerprint density at radius 2 is 2.00 bits per heavy atom. The van der Waals surface area contributed by atoms with Crippen LogP contribution < -0.4 is 5.32 Å². The molecule has 1 aromatic heterocycles. The molecule has 25 heavy (non-hydrogen) atoms. The van der Waals surface area contributed by atoms with Crippen LogP contribution in [-0.4, -0.2) is 46.3 Å². The van der Waals surface area contributed by atoms with Crippen LogP contribution >= 0.6 is 11.3 Å². The van der Waals surface area contributed by atoms with Crippen molar-refractivity contribution >= 4 is 28.5 Å². The molecule has 0 aliphatic heterocycles. The average molecular weight is 369 g/mol. The Labute approximate surface area is 153 Å². The summed E-state index contributed by atoms with van der Waals surface area (Å²) in [5.41, 5.74) is 0. The molecule has 2 rings (SSSR count). The summed E-state index contributed by atoms with van der Waals surface area (Å²) in [5, 5.41) is 11.0. The first kappa shape index (κ1) is 19.6. The van der Waals surface area contributed by atoms with E-state index >= 15 is 0 Å². The van der Waals surface area contributed by atoms with Crippen LogP contribution in [0.15, 0.2) is 0 Å². The van der Waals surface area contributed by atoms with E-state index in [0.29, 0.717) is 11.0 Å². The number of esters is 1. The number of rotatable bonds is 7. The summed E-state index contributed by atoms with van der Waals surface area (Å²) in [6, 6.07) is 0.129. The van der Waals surface area contributed by atoms with Gasteiger partial charge in [0.15, 0.2) is 0 Å². The van der Waals surface area contributed by atoms with Crippen LogP contribution in [0.2, 0.25) is 0 Å². The Hall–Kier alpha value is -1.70. The fourth-order valence-electron chi connectivity index (χ4n) is 2.95. The first-order chi connectivity index (χ1) is 12.0. The SMILES string of the molecule is CCOC(=O)c1nnc(NC(=O)N(CCC(C)C)C2CCCCC2)s1. The Balaban J connectivity index is 2.01. The Bertz CT molecular complexity index is 570. The molecule has 0 radical (unpaired) electrons. The number of nitrogens with zero attached hydrogens (tertiary/aromatic N) is 3. The van der Waals surface area contributed by atoms with E-state index in [-0.39, 0.29) is 23.7 Å². The molecule has 0 bridgehead atoms. The number of aromatic nitrogens is 2. The van der Waals surface area contributed by atoms with E-state index in [9.17, 15) is 9.59 Å². The molecule has 2 amide bonds. The zero-order chi connectivity index (χ0) is 18.2. The van der Waals surface area contributed by atoms with Crippen LogP contribution in [-0.2, 0) is 4.74 Å². The lowest BCUT2D eigenvalue weighted by atomic mass is 9.94. The molecule has 1 aliphatic carbocycles. The molecule has 1 N–H and O–H groups in total. The second-order valence-electron chi connectivity index (χ2n) is 6.73. The number of carbonyl (C=O) groups excluding carboxylic acids is 2. The van der Waals surface area contributed by atoms with Crippen LogP contribution in [0.5, 0.6) is 0 Å². The summed E-state index contributed by atoms with van der Waals surface area (Å²) in [6.45, 7) is 7.07. The summed E-state index contributed by atoms with van der Waals surface area (Å²) in [4.78, 5) is 26.4. The van der Waals surface area contributed by atoms with Crippen LogP contribution in [0.25, 0.3) is 0 Å². The third kappa shape index (κ3) is 5.95. The van der Waals surface area contributed by atoms with Crippen LogP contribution in [0.3, 0.4) is 0 Å². The maximum atomic E-state index is 12.8. The zero-order valence-corrected chi connectivity index (χ0v) is 16.1. The number of amides is 2. The Kier molecular flexibility index (Phi) is 7.61. The summed E-state index contributed by atoms with van der Waals surface area (Å²) >= 11 is 1.04. The van der Waals surface area contributed by atoms with Gasteiger partial charge in [-0.3, -0.25) is 5.32 Å². The fourth-order valence-corrected chi connectivity index (χ4v) is 3.58. The van der Waals surface area contributed by atoms with Gasteiger partial charge in [-0.2, -0.15) is 0 Å². The van der Waals surface area contributed by atoms with Gasteiger partial charge in [-0.05, 0) is 32.1 Å². The normalized spacial score (nSPS) is 15.2. The number of hydrogen-bond acceptors (Lipinski definition) is 6. The predicted octanol–water partition coefficient (Wildman–Crippen LogP) is 3.93. The molecule has 1 fully saturated rings. The van der Waals surface area contributed by atoms with Gasteiger partial charge in [-0.1, -0.05) is 44.4 Å². The van der Waals surface area contributed by atoms with Crippen molar-refractivity contribution in [2.45, 2.75) is 65.3 Å². The monoisotopic (exact) mass is 368 g/mol. The number of hydrogen-bond donors (Lipinski definition) is 1. The van der Waals surface area contributed by atoms with Crippen molar-refractivity contribution in [3.8, 4) is 0 Å². The molecule has 0 aromatic carbocycles. The van der Waals surface area contributed by atoms with E-state index in [0.717, 1.165) is 37.1 Å². The van der Waals surface area contributed by atoms with E-state index in [1.165, 1.54) is 19.3 Å². The molecular weight excluding hydrogens is 340 g/mol. The number of anilines is 1. The van der Waals surface area contributed by atoms with Crippen LogP contribution in [0, 0.1) is 5.92 Å². The van der Waals surface area contributed by atoms with Crippen molar-refractivity contribution in [1.82, 2.24) is 15.1 Å². The molecular formula is C17H28N4O3S. The van der Waals surface area contributed by atoms with Gasteiger partial charge in [-0.15, -0.1) is 10.2 Å². The maximum Gasteiger partial charge on any atom is 0.369 e. The van der Waals surface area contributed by atoms with Gasteiger partial charge in [0.05, 0.1) is 6.61 Å². The second kappa shape index (κ2) is 9.70. The van der Waals surface area contributed by atoms with Crippen LogP contribution in [0.4, 0.5) is 9.93 Å². The van der Waals surface area contributed by atoms with Crippen molar-refractivity contribution in [3.05, 3.63) is 5.01 Å². The number of carbonyl (C=O) groups is 2. The van der Waals surface area contributed by atoms with E-state index in [1.54, 1.807) is 6.92 Å². The van der Waals surface area contributed by atoms with Gasteiger partial charge in [-0.25, -0.2) is 9.59 Å². The molecule has 1 aromatic rings. The highest BCUT2D eigenvalue weighted by molar-refractivity contribution is 7.17. The van der Waals surface area contributed by atoms with Gasteiger partial charge in [0, 0.05) is 12.6 Å². The lowest BCUT2D eigenvalue weighted by Gasteiger charge is -2.34. The number of ether oxygens (including phenoxy) is 1. The minimum absolute atomic E-state index is 0.154. The second-order valence-corrected chi connectivity index (χ2v) is 7.71. The van der Waals surface area contributed by atoms with Crippen molar-refractivity contribution < 1.29 is 14.3 Å². The van der Waals surface area contributed by atoms with Gasteiger partial charge in [0.2, 0.25) is 10.1 Å². The Morgan fingerprint density at radius 3 is 2.64 bits per heavy atom. The van der Waals surface area contributed by atoms with Crippen molar-refractivity contribution in [2.75, 3.05) is 18.5 Å². The molecule has 0 saturated heterocycles. The topological polar surface area (TPSA) is 84.4 Å². The standard InChI is InChI=1S/C17H28N4O3S/c1-4-24-15(22)14-19-20-16(25-14)18-17(23)21(11-10-12(2)3)13-8-6-5-7-9-13/h12-13H,4-11H2,1-3H3,(H,18,20,23). The highest BCUT2D eigenvalue weighted by atomic mass is 32.1. The molecule has 0 spiro atoms. The first-order valence-corrected chi connectivity index (χ1v) is 9.91. The first-order valence-electron chi connectivity index (χ1n) is 9.09. The fraction of sp³-hybridized carbons (Fsp3) is 0.765. The van der Waals surface area contributed by atoms with Crippen LogP contribution in [0.1, 0.15) is 69.1 Å². The largest absolute Gasteiger partial charge is 0.461 e. The summed E-state index contributed by atoms with van der Waals surface area (Å²) < 4.78 is 4.90. The molecule has 0 atom stereocenters. The highest BCUT2D eigenvalue weighted by Gasteiger charge is 2.26. The average Bonchev–Trinajstić information content (AvgIpc) is 3.04. The lowest BCUT2D eigenvalue weighted by molar-refractivity contribution is 0.0525. The summed E-state index contributed by atoms with van der Waals surface area (Å²) in [5.74, 6) is 0.0280. The molecule has 1 heterocycles. The summed E-state index contributed by atoms with van der Waals surface area (Å²) in [6.07, 6.45) is 6.65. The van der Waals surface area contributed by atoms with E-state index in [4.69, 9.17) is 4.74 Å². The van der Waals surface area contributed by atoms with Gasteiger partial charge in [0.25, 0.3) is 0 Å². The number of urea groups is 1. The minimum atomic E-state index is -0.510. The van der Waals surface area contributed by atoms with Crippen molar-refractivity contribution in [2.24, 2.45) is 5.92 Å². The Morgan fingerprint density at radius 1 is 1.28 bits per heavy atom. The predicted molar refractivity (Wildman–Crippen MR) is 97.9 cm³/mol. The maximum absolute atomic E-state index is 12.8. The molecule has 7 nitrogen and oxygen atoms in total. The van der Waals surface area contributed by atoms with E-state index in [2.05, 4.69) is 29.4 Å². The quantitative estimate of drug-likeness (QED) is 0.737. The zero-order valence-electron chi connectivity index (χ0n) is 15.3. The van der Waals surface area contributed by atoms with Crippen molar-refractivity contribution in [3.63, 3.8) is 0 Å². The van der Waals surface area contributed by atoms with E-state index < -0.39 is 5.97 Å². The molecule has 140 valence electrons. The minimum Gasteiger partial charge on any atom is -0.461 e. The molecule has 1 aliphatic rings. The molecule has 8 heteroatoms. The van der Waals surface area contributed by atoms with Gasteiger partial charge >= 0.3 is 12.0 Å². The van der Waals surface area contributed by atoms with Gasteiger partial charge < -0.3 is 9.64 Å². The van der Waals surface area contributed by atoms with Crippen molar-refractivity contribution in [1.29, 1.82) is 0 Å². The van der Waals surface area contributed by atoms with Gasteiger partial charge in [0.1, 0.15) is 0 Å². The lowest BCUT2D eigenvalue weighted by Crippen LogP contribution is -2.44. The highest BCUT2D eigenvalue weighted by Crippen LogP contribution is 2.25. The third-order valence-corrected chi connectivity index (χ3v) is 5.13. The molecule has 0 unspecified atom stereocenters. The third-order valence-electron chi connectivity index (χ3n) is 4.31. The molecule has 1 saturated carbocycles. The van der Waals surface area contributed by atoms with E-state index in [1.807, 2.05) is 4.90 Å².